The topological polar surface area (TPSA) is 78.9 Å². The van der Waals surface area contributed by atoms with Crippen LogP contribution in [0, 0.1) is 0 Å². The highest BCUT2D eigenvalue weighted by atomic mass is 16.5. The summed E-state index contributed by atoms with van der Waals surface area (Å²) in [5.41, 5.74) is 0. The van der Waals surface area contributed by atoms with Gasteiger partial charge in [-0.15, -0.1) is 0 Å². The van der Waals surface area contributed by atoms with Crippen LogP contribution in [0.3, 0.4) is 0 Å². The summed E-state index contributed by atoms with van der Waals surface area (Å²) < 4.78 is 5.52. The van der Waals surface area contributed by atoms with E-state index in [-0.39, 0.29) is 18.8 Å². The van der Waals surface area contributed by atoms with Gasteiger partial charge in [0.05, 0.1) is 12.2 Å². The van der Waals surface area contributed by atoms with Crippen LogP contribution in [-0.4, -0.2) is 60.3 Å². The van der Waals surface area contributed by atoms with Crippen LogP contribution in [0.2, 0.25) is 0 Å². The fourth-order valence-electron chi connectivity index (χ4n) is 2.18. The van der Waals surface area contributed by atoms with Crippen LogP contribution >= 0.6 is 0 Å². The van der Waals surface area contributed by atoms with Crippen LogP contribution in [0.4, 0.5) is 0 Å². The molecule has 0 spiro atoms. The summed E-state index contributed by atoms with van der Waals surface area (Å²) in [6.45, 7) is 5.34. The molecule has 6 nitrogen and oxygen atoms in total. The number of ether oxygens (including phenoxy) is 1. The van der Waals surface area contributed by atoms with Gasteiger partial charge >= 0.3 is 11.8 Å². The van der Waals surface area contributed by atoms with Crippen molar-refractivity contribution in [3.8, 4) is 0 Å². The lowest BCUT2D eigenvalue weighted by molar-refractivity contribution is -0.153. The van der Waals surface area contributed by atoms with Crippen molar-refractivity contribution in [1.29, 1.82) is 0 Å². The van der Waals surface area contributed by atoms with Gasteiger partial charge in [0.1, 0.15) is 0 Å². The number of aliphatic hydroxyl groups excluding tert-OH is 1. The number of amides is 2. The molecule has 6 heteroatoms. The molecule has 2 unspecified atom stereocenters. The molecule has 110 valence electrons. The Morgan fingerprint density at radius 1 is 1.21 bits per heavy atom. The monoisotopic (exact) mass is 272 g/mol. The Balaban J connectivity index is 2.29. The lowest BCUT2D eigenvalue weighted by atomic mass is 10.2. The number of aliphatic hydroxyl groups is 1. The number of hydrogen-bond donors (Lipinski definition) is 2. The van der Waals surface area contributed by atoms with Crippen molar-refractivity contribution in [3.05, 3.63) is 0 Å². The molecule has 1 rings (SSSR count). The molecule has 0 aromatic carbocycles. The van der Waals surface area contributed by atoms with Gasteiger partial charge in [-0.05, 0) is 33.1 Å². The molecule has 2 amide bonds. The van der Waals surface area contributed by atoms with Crippen LogP contribution in [0.25, 0.3) is 0 Å². The van der Waals surface area contributed by atoms with Gasteiger partial charge in [-0.3, -0.25) is 9.59 Å². The number of nitrogens with one attached hydrogen (secondary N) is 1. The molecule has 0 bridgehead atoms. The van der Waals surface area contributed by atoms with Crippen molar-refractivity contribution in [2.24, 2.45) is 0 Å². The van der Waals surface area contributed by atoms with Crippen LogP contribution < -0.4 is 5.32 Å². The third-order valence-electron chi connectivity index (χ3n) is 3.02. The second kappa shape index (κ2) is 8.12. The second-order valence-electron chi connectivity index (χ2n) is 5.01. The number of unbranched alkanes of at least 4 members (excludes halogenated alkanes) is 2. The SMILES string of the molecule is CC1CN(C(=O)C(=O)NCCCCCO)CC(C)O1. The number of hydrogen-bond acceptors (Lipinski definition) is 4. The first-order valence-electron chi connectivity index (χ1n) is 6.88. The van der Waals surface area contributed by atoms with Crippen molar-refractivity contribution in [2.45, 2.75) is 45.3 Å². The summed E-state index contributed by atoms with van der Waals surface area (Å²) in [7, 11) is 0. The quantitative estimate of drug-likeness (QED) is 0.541. The third-order valence-corrected chi connectivity index (χ3v) is 3.02. The Hall–Kier alpha value is -1.14. The average Bonchev–Trinajstić information content (AvgIpc) is 2.36. The number of rotatable bonds is 5. The maximum absolute atomic E-state index is 11.9. The lowest BCUT2D eigenvalue weighted by Crippen LogP contribution is -2.52. The van der Waals surface area contributed by atoms with Crippen molar-refractivity contribution < 1.29 is 19.4 Å². The molecule has 1 aliphatic rings. The summed E-state index contributed by atoms with van der Waals surface area (Å²) in [5.74, 6) is -1.03. The van der Waals surface area contributed by atoms with E-state index >= 15 is 0 Å². The summed E-state index contributed by atoms with van der Waals surface area (Å²) in [4.78, 5) is 25.2. The zero-order valence-corrected chi connectivity index (χ0v) is 11.7. The highest BCUT2D eigenvalue weighted by Gasteiger charge is 2.29. The van der Waals surface area contributed by atoms with E-state index in [0.717, 1.165) is 19.3 Å². The molecule has 1 aliphatic heterocycles. The molecule has 2 N–H and O–H groups in total. The number of carbonyl (C=O) groups excluding carboxylic acids is 2. The summed E-state index contributed by atoms with van der Waals surface area (Å²) in [6.07, 6.45) is 2.27. The molecule has 2 atom stereocenters. The molecule has 0 aromatic rings. The largest absolute Gasteiger partial charge is 0.396 e. The van der Waals surface area contributed by atoms with Gasteiger partial charge in [0.25, 0.3) is 0 Å². The van der Waals surface area contributed by atoms with E-state index in [4.69, 9.17) is 9.84 Å². The maximum atomic E-state index is 11.9. The van der Waals surface area contributed by atoms with E-state index in [2.05, 4.69) is 5.32 Å². The Morgan fingerprint density at radius 2 is 1.84 bits per heavy atom. The summed E-state index contributed by atoms with van der Waals surface area (Å²) in [6, 6.07) is 0. The minimum atomic E-state index is -0.551. The highest BCUT2D eigenvalue weighted by molar-refractivity contribution is 6.35. The zero-order chi connectivity index (χ0) is 14.3. The fraction of sp³-hybridized carbons (Fsp3) is 0.846. The van der Waals surface area contributed by atoms with Gasteiger partial charge in [0.15, 0.2) is 0 Å². The van der Waals surface area contributed by atoms with Gasteiger partial charge < -0.3 is 20.1 Å². The highest BCUT2D eigenvalue weighted by Crippen LogP contribution is 2.10. The number of morpholine rings is 1. The first-order valence-corrected chi connectivity index (χ1v) is 6.88. The smallest absolute Gasteiger partial charge is 0.312 e. The van der Waals surface area contributed by atoms with Crippen LogP contribution in [-0.2, 0) is 14.3 Å². The fourth-order valence-corrected chi connectivity index (χ4v) is 2.18. The predicted molar refractivity (Wildman–Crippen MR) is 70.5 cm³/mol. The van der Waals surface area contributed by atoms with Gasteiger partial charge in [-0.25, -0.2) is 0 Å². The molecule has 0 aliphatic carbocycles. The predicted octanol–water partition coefficient (Wildman–Crippen LogP) is -0.0990. The van der Waals surface area contributed by atoms with Gasteiger partial charge in [-0.2, -0.15) is 0 Å². The van der Waals surface area contributed by atoms with Crippen molar-refractivity contribution >= 4 is 11.8 Å². The zero-order valence-electron chi connectivity index (χ0n) is 11.7. The Kier molecular flexibility index (Phi) is 6.80. The molecule has 1 saturated heterocycles. The van der Waals surface area contributed by atoms with E-state index < -0.39 is 11.8 Å². The molecular weight excluding hydrogens is 248 g/mol. The third kappa shape index (κ3) is 5.57. The Morgan fingerprint density at radius 3 is 2.42 bits per heavy atom. The average molecular weight is 272 g/mol. The molecule has 19 heavy (non-hydrogen) atoms. The van der Waals surface area contributed by atoms with E-state index in [1.165, 1.54) is 0 Å². The van der Waals surface area contributed by atoms with Crippen LogP contribution in [0.1, 0.15) is 33.1 Å². The molecule has 0 saturated carbocycles. The minimum Gasteiger partial charge on any atom is -0.396 e. The van der Waals surface area contributed by atoms with Gasteiger partial charge in [0.2, 0.25) is 0 Å². The van der Waals surface area contributed by atoms with Crippen molar-refractivity contribution in [3.63, 3.8) is 0 Å². The molecule has 0 aromatic heterocycles. The molecular formula is C13H24N2O4. The Labute approximate surface area is 114 Å². The number of carbonyl (C=O) groups is 2. The Bertz CT molecular complexity index is 299. The first-order chi connectivity index (χ1) is 9.04. The van der Waals surface area contributed by atoms with E-state index in [0.29, 0.717) is 19.6 Å². The van der Waals surface area contributed by atoms with Crippen molar-refractivity contribution in [1.82, 2.24) is 10.2 Å². The second-order valence-corrected chi connectivity index (χ2v) is 5.01. The summed E-state index contributed by atoms with van der Waals surface area (Å²) >= 11 is 0. The lowest BCUT2D eigenvalue weighted by Gasteiger charge is -2.34. The van der Waals surface area contributed by atoms with Gasteiger partial charge in [0, 0.05) is 26.2 Å². The van der Waals surface area contributed by atoms with Crippen molar-refractivity contribution in [2.75, 3.05) is 26.2 Å². The standard InChI is InChI=1S/C13H24N2O4/c1-10-8-15(9-11(2)19-10)13(18)12(17)14-6-4-3-5-7-16/h10-11,16H,3-9H2,1-2H3,(H,14,17). The van der Waals surface area contributed by atoms with E-state index in [1.807, 2.05) is 13.8 Å². The molecule has 0 radical (unpaired) electrons. The molecule has 1 fully saturated rings. The van der Waals surface area contributed by atoms with Crippen LogP contribution in [0.5, 0.6) is 0 Å². The van der Waals surface area contributed by atoms with Gasteiger partial charge in [-0.1, -0.05) is 0 Å². The number of nitrogens with zero attached hydrogens (tertiary/aromatic N) is 1. The molecule has 1 heterocycles. The van der Waals surface area contributed by atoms with Crippen LogP contribution in [0.15, 0.2) is 0 Å². The first kappa shape index (κ1) is 15.9. The minimum absolute atomic E-state index is 0.0370. The van der Waals surface area contributed by atoms with E-state index in [1.54, 1.807) is 4.90 Å². The maximum Gasteiger partial charge on any atom is 0.312 e. The normalized spacial score (nSPS) is 23.2. The summed E-state index contributed by atoms with van der Waals surface area (Å²) in [5, 5.41) is 11.2. The van der Waals surface area contributed by atoms with E-state index in [9.17, 15) is 9.59 Å².